The lowest BCUT2D eigenvalue weighted by atomic mass is 9.88. The molecule has 0 saturated heterocycles. The SMILES string of the molecule is CC#CC1CCC(OCC2C(NS(=O)(=O)N(C)C)CCc3ccc(C)c(=O)n32)CC1. The van der Waals surface area contributed by atoms with Crippen LogP contribution < -0.4 is 10.3 Å². The van der Waals surface area contributed by atoms with Crippen molar-refractivity contribution in [2.75, 3.05) is 20.7 Å². The van der Waals surface area contributed by atoms with Crippen LogP contribution in [0.2, 0.25) is 0 Å². The Hall–Kier alpha value is -1.66. The van der Waals surface area contributed by atoms with Crippen LogP contribution in [0.1, 0.15) is 56.3 Å². The van der Waals surface area contributed by atoms with Crippen LogP contribution in [0.25, 0.3) is 0 Å². The number of pyridine rings is 1. The minimum atomic E-state index is -3.62. The molecule has 2 atom stereocenters. The highest BCUT2D eigenvalue weighted by Gasteiger charge is 2.35. The fraction of sp³-hybridized carbons (Fsp3) is 0.682. The second-order valence-corrected chi connectivity index (χ2v) is 10.4. The molecule has 2 aliphatic rings. The first-order valence-corrected chi connectivity index (χ1v) is 12.1. The van der Waals surface area contributed by atoms with Crippen molar-refractivity contribution in [3.63, 3.8) is 0 Å². The molecule has 1 aromatic rings. The number of hydrogen-bond acceptors (Lipinski definition) is 4. The van der Waals surface area contributed by atoms with Gasteiger partial charge in [0.15, 0.2) is 0 Å². The van der Waals surface area contributed by atoms with E-state index in [4.69, 9.17) is 4.74 Å². The summed E-state index contributed by atoms with van der Waals surface area (Å²) in [5.74, 6) is 6.69. The lowest BCUT2D eigenvalue weighted by molar-refractivity contribution is -0.00307. The Balaban J connectivity index is 1.80. The second kappa shape index (κ2) is 9.65. The molecular formula is C22H33N3O4S. The molecule has 2 unspecified atom stereocenters. The third-order valence-electron chi connectivity index (χ3n) is 6.21. The van der Waals surface area contributed by atoms with Gasteiger partial charge in [-0.3, -0.25) is 4.79 Å². The van der Waals surface area contributed by atoms with Crippen molar-refractivity contribution in [3.8, 4) is 11.8 Å². The Morgan fingerprint density at radius 3 is 2.53 bits per heavy atom. The Morgan fingerprint density at radius 1 is 1.20 bits per heavy atom. The van der Waals surface area contributed by atoms with E-state index in [0.29, 0.717) is 30.9 Å². The number of aryl methyl sites for hydroxylation is 2. The molecule has 1 saturated carbocycles. The first-order valence-electron chi connectivity index (χ1n) is 10.7. The Morgan fingerprint density at radius 2 is 1.90 bits per heavy atom. The third-order valence-corrected chi connectivity index (χ3v) is 7.77. The molecule has 0 spiro atoms. The number of rotatable bonds is 6. The largest absolute Gasteiger partial charge is 0.376 e. The molecule has 1 aromatic heterocycles. The van der Waals surface area contributed by atoms with Crippen LogP contribution in [0.15, 0.2) is 16.9 Å². The fourth-order valence-corrected chi connectivity index (χ4v) is 5.24. The molecule has 0 radical (unpaired) electrons. The zero-order valence-corrected chi connectivity index (χ0v) is 19.2. The van der Waals surface area contributed by atoms with E-state index < -0.39 is 16.3 Å². The van der Waals surface area contributed by atoms with Crippen molar-refractivity contribution < 1.29 is 13.2 Å². The summed E-state index contributed by atoms with van der Waals surface area (Å²) < 4.78 is 36.9. The number of nitrogens with zero attached hydrogens (tertiary/aromatic N) is 2. The molecule has 7 nitrogen and oxygen atoms in total. The maximum atomic E-state index is 12.9. The van der Waals surface area contributed by atoms with Gasteiger partial charge < -0.3 is 9.30 Å². The van der Waals surface area contributed by atoms with E-state index in [2.05, 4.69) is 16.6 Å². The Bertz CT molecular complexity index is 966. The Kier molecular flexibility index (Phi) is 7.40. The lowest BCUT2D eigenvalue weighted by Crippen LogP contribution is -2.52. The van der Waals surface area contributed by atoms with Crippen molar-refractivity contribution in [3.05, 3.63) is 33.7 Å². The van der Waals surface area contributed by atoms with Crippen molar-refractivity contribution in [2.45, 2.75) is 70.6 Å². The van der Waals surface area contributed by atoms with Crippen LogP contribution in [0.5, 0.6) is 0 Å². The van der Waals surface area contributed by atoms with Gasteiger partial charge in [-0.25, -0.2) is 0 Å². The van der Waals surface area contributed by atoms with Crippen LogP contribution in [-0.2, 0) is 21.4 Å². The van der Waals surface area contributed by atoms with E-state index in [1.54, 1.807) is 11.5 Å². The molecule has 1 aliphatic carbocycles. The maximum Gasteiger partial charge on any atom is 0.279 e. The number of aromatic nitrogens is 1. The summed E-state index contributed by atoms with van der Waals surface area (Å²) in [6.07, 6.45) is 5.31. The summed E-state index contributed by atoms with van der Waals surface area (Å²) in [6, 6.07) is 3.04. The van der Waals surface area contributed by atoms with E-state index in [-0.39, 0.29) is 17.7 Å². The molecule has 0 aromatic carbocycles. The van der Waals surface area contributed by atoms with Crippen LogP contribution in [0.4, 0.5) is 0 Å². The molecular weight excluding hydrogens is 402 g/mol. The van der Waals surface area contributed by atoms with Gasteiger partial charge in [0.05, 0.1) is 18.8 Å². The minimum Gasteiger partial charge on any atom is -0.376 e. The van der Waals surface area contributed by atoms with Gasteiger partial charge in [-0.2, -0.15) is 17.4 Å². The molecule has 1 aliphatic heterocycles. The van der Waals surface area contributed by atoms with Gasteiger partial charge in [-0.1, -0.05) is 6.07 Å². The average molecular weight is 436 g/mol. The normalized spacial score (nSPS) is 26.7. The van der Waals surface area contributed by atoms with E-state index in [1.807, 2.05) is 19.1 Å². The van der Waals surface area contributed by atoms with Gasteiger partial charge in [-0.15, -0.1) is 11.8 Å². The van der Waals surface area contributed by atoms with Crippen molar-refractivity contribution in [2.24, 2.45) is 5.92 Å². The third kappa shape index (κ3) is 5.14. The maximum absolute atomic E-state index is 12.9. The van der Waals surface area contributed by atoms with Gasteiger partial charge in [0.25, 0.3) is 15.8 Å². The van der Waals surface area contributed by atoms with Gasteiger partial charge in [0.2, 0.25) is 0 Å². The predicted octanol–water partition coefficient (Wildman–Crippen LogP) is 2.01. The highest BCUT2D eigenvalue weighted by Crippen LogP contribution is 2.29. The van der Waals surface area contributed by atoms with Crippen molar-refractivity contribution >= 4 is 10.2 Å². The summed E-state index contributed by atoms with van der Waals surface area (Å²) in [4.78, 5) is 12.9. The van der Waals surface area contributed by atoms with Crippen LogP contribution >= 0.6 is 0 Å². The van der Waals surface area contributed by atoms with Crippen molar-refractivity contribution in [1.29, 1.82) is 0 Å². The van der Waals surface area contributed by atoms with Gasteiger partial charge in [-0.05, 0) is 58.4 Å². The van der Waals surface area contributed by atoms with Crippen molar-refractivity contribution in [1.82, 2.24) is 13.6 Å². The molecule has 1 N–H and O–H groups in total. The zero-order valence-electron chi connectivity index (χ0n) is 18.3. The molecule has 0 bridgehead atoms. The fourth-order valence-electron chi connectivity index (χ4n) is 4.37. The summed E-state index contributed by atoms with van der Waals surface area (Å²) in [5.41, 5.74) is 1.51. The molecule has 30 heavy (non-hydrogen) atoms. The van der Waals surface area contributed by atoms with E-state index in [0.717, 1.165) is 35.7 Å². The van der Waals surface area contributed by atoms with E-state index in [9.17, 15) is 13.2 Å². The zero-order chi connectivity index (χ0) is 21.9. The summed E-state index contributed by atoms with van der Waals surface area (Å²) in [6.45, 7) is 3.97. The number of ether oxygens (including phenoxy) is 1. The molecule has 8 heteroatoms. The van der Waals surface area contributed by atoms with Crippen LogP contribution in [0.3, 0.4) is 0 Å². The smallest absolute Gasteiger partial charge is 0.279 e. The first kappa shape index (κ1) is 23.0. The molecule has 0 amide bonds. The Labute approximate surface area is 180 Å². The number of fused-ring (bicyclic) bond motifs is 1. The minimum absolute atomic E-state index is 0.0724. The van der Waals surface area contributed by atoms with E-state index in [1.165, 1.54) is 14.1 Å². The molecule has 1 fully saturated rings. The summed E-state index contributed by atoms with van der Waals surface area (Å²) >= 11 is 0. The summed E-state index contributed by atoms with van der Waals surface area (Å²) in [5, 5.41) is 0. The number of hydrogen-bond donors (Lipinski definition) is 1. The highest BCUT2D eigenvalue weighted by atomic mass is 32.2. The lowest BCUT2D eigenvalue weighted by Gasteiger charge is -2.37. The average Bonchev–Trinajstić information content (AvgIpc) is 2.71. The monoisotopic (exact) mass is 435 g/mol. The highest BCUT2D eigenvalue weighted by molar-refractivity contribution is 7.87. The second-order valence-electron chi connectivity index (χ2n) is 8.50. The molecule has 2 heterocycles. The standard InChI is InChI=1S/C22H33N3O4S/c1-5-6-17-8-12-19(13-9-17)29-15-21-20(23-30(27,28)24(3)4)14-11-18-10-7-16(2)22(26)25(18)21/h7,10,17,19-21,23H,8-9,11-15H2,1-4H3. The molecule has 3 rings (SSSR count). The number of nitrogens with one attached hydrogen (secondary N) is 1. The quantitative estimate of drug-likeness (QED) is 0.693. The predicted molar refractivity (Wildman–Crippen MR) is 117 cm³/mol. The van der Waals surface area contributed by atoms with Crippen LogP contribution in [-0.4, -0.2) is 50.1 Å². The first-order chi connectivity index (χ1) is 14.2. The van der Waals surface area contributed by atoms with Gasteiger partial charge in [0.1, 0.15) is 0 Å². The van der Waals surface area contributed by atoms with Crippen LogP contribution in [0, 0.1) is 24.7 Å². The summed E-state index contributed by atoms with van der Waals surface area (Å²) in [7, 11) is -0.619. The van der Waals surface area contributed by atoms with Gasteiger partial charge >= 0.3 is 0 Å². The molecule has 166 valence electrons. The topological polar surface area (TPSA) is 80.6 Å². The van der Waals surface area contributed by atoms with Gasteiger partial charge in [0, 0.05) is 37.3 Å². The van der Waals surface area contributed by atoms with E-state index >= 15 is 0 Å².